The van der Waals surface area contributed by atoms with E-state index in [1.807, 2.05) is 43.0 Å². The molecule has 1 amide bonds. The van der Waals surface area contributed by atoms with Crippen LogP contribution in [0, 0.1) is 0 Å². The van der Waals surface area contributed by atoms with Crippen molar-refractivity contribution >= 4 is 15.9 Å². The Bertz CT molecular complexity index is 1120. The molecule has 4 rings (SSSR count). The Morgan fingerprint density at radius 1 is 1.03 bits per heavy atom. The molecule has 2 aliphatic rings. The van der Waals surface area contributed by atoms with Crippen molar-refractivity contribution < 1.29 is 22.7 Å². The van der Waals surface area contributed by atoms with E-state index in [-0.39, 0.29) is 28.6 Å². The minimum Gasteiger partial charge on any atom is -0.495 e. The van der Waals surface area contributed by atoms with Crippen LogP contribution >= 0.6 is 0 Å². The zero-order chi connectivity index (χ0) is 24.3. The molecular weight excluding hydrogens is 452 g/mol. The van der Waals surface area contributed by atoms with Crippen LogP contribution in [0.1, 0.15) is 67.9 Å². The van der Waals surface area contributed by atoms with Crippen LogP contribution in [-0.4, -0.2) is 56.4 Å². The van der Waals surface area contributed by atoms with Crippen molar-refractivity contribution in [2.75, 3.05) is 26.8 Å². The first-order valence-corrected chi connectivity index (χ1v) is 13.5. The molecule has 7 nitrogen and oxygen atoms in total. The van der Waals surface area contributed by atoms with E-state index in [4.69, 9.17) is 9.47 Å². The van der Waals surface area contributed by atoms with Gasteiger partial charge in [-0.25, -0.2) is 8.42 Å². The summed E-state index contributed by atoms with van der Waals surface area (Å²) in [6.07, 6.45) is 4.45. The van der Waals surface area contributed by atoms with Gasteiger partial charge in [-0.1, -0.05) is 18.6 Å². The van der Waals surface area contributed by atoms with Gasteiger partial charge in [0.1, 0.15) is 16.4 Å². The quantitative estimate of drug-likeness (QED) is 0.570. The number of piperidine rings is 1. The molecule has 2 fully saturated rings. The maximum Gasteiger partial charge on any atom is 0.254 e. The summed E-state index contributed by atoms with van der Waals surface area (Å²) < 4.78 is 39.6. The van der Waals surface area contributed by atoms with Gasteiger partial charge in [0, 0.05) is 24.7 Å². The highest BCUT2D eigenvalue weighted by Crippen LogP contribution is 2.36. The minimum absolute atomic E-state index is 0.0487. The molecule has 2 saturated heterocycles. The monoisotopic (exact) mass is 486 g/mol. The van der Waals surface area contributed by atoms with Crippen LogP contribution in [-0.2, 0) is 10.0 Å². The Morgan fingerprint density at radius 3 is 2.47 bits per heavy atom. The number of carbonyl (C=O) groups is 1. The van der Waals surface area contributed by atoms with Gasteiger partial charge < -0.3 is 14.4 Å². The summed E-state index contributed by atoms with van der Waals surface area (Å²) >= 11 is 0. The number of methoxy groups -OCH3 is 1. The molecule has 34 heavy (non-hydrogen) atoms. The number of amides is 1. The zero-order valence-electron chi connectivity index (χ0n) is 20.2. The average molecular weight is 487 g/mol. The third-order valence-electron chi connectivity index (χ3n) is 6.83. The molecule has 0 spiro atoms. The summed E-state index contributed by atoms with van der Waals surface area (Å²) in [5.41, 5.74) is 1.42. The van der Waals surface area contributed by atoms with Gasteiger partial charge in [0.05, 0.1) is 19.8 Å². The lowest BCUT2D eigenvalue weighted by Crippen LogP contribution is -2.42. The maximum absolute atomic E-state index is 13.6. The minimum atomic E-state index is -3.79. The second kappa shape index (κ2) is 10.4. The Labute approximate surface area is 202 Å². The van der Waals surface area contributed by atoms with Crippen LogP contribution in [0.15, 0.2) is 47.4 Å². The second-order valence-electron chi connectivity index (χ2n) is 8.98. The third-order valence-corrected chi connectivity index (χ3v) is 8.86. The molecule has 2 aromatic rings. The van der Waals surface area contributed by atoms with Crippen LogP contribution in [0.4, 0.5) is 0 Å². The van der Waals surface area contributed by atoms with Crippen molar-refractivity contribution in [1.82, 2.24) is 9.21 Å². The smallest absolute Gasteiger partial charge is 0.254 e. The Kier molecular flexibility index (Phi) is 7.48. The topological polar surface area (TPSA) is 76.1 Å². The fourth-order valence-corrected chi connectivity index (χ4v) is 6.92. The Morgan fingerprint density at radius 2 is 1.79 bits per heavy atom. The first-order chi connectivity index (χ1) is 16.4. The molecule has 0 aromatic heterocycles. The van der Waals surface area contributed by atoms with Crippen molar-refractivity contribution in [2.45, 2.75) is 62.9 Å². The molecule has 2 heterocycles. The van der Waals surface area contributed by atoms with Crippen LogP contribution in [0.3, 0.4) is 0 Å². The first kappa shape index (κ1) is 24.5. The molecule has 2 atom stereocenters. The van der Waals surface area contributed by atoms with Gasteiger partial charge in [0.15, 0.2) is 0 Å². The predicted molar refractivity (Wildman–Crippen MR) is 131 cm³/mol. The number of sulfonamides is 1. The highest BCUT2D eigenvalue weighted by atomic mass is 32.2. The lowest BCUT2D eigenvalue weighted by Gasteiger charge is -2.32. The van der Waals surface area contributed by atoms with E-state index in [1.165, 1.54) is 13.2 Å². The number of benzene rings is 2. The van der Waals surface area contributed by atoms with Gasteiger partial charge in [0.2, 0.25) is 10.0 Å². The standard InChI is InChI=1S/C26H34N2O5S/c1-4-33-22-13-10-20(11-14-22)23-9-7-16-27(23)26(29)21-12-15-24(32-3)25(18-21)34(30,31)28-17-6-5-8-19(28)2/h10-15,18-19,23H,4-9,16-17H2,1-3H3/t19-,23-/m1/s1. The number of nitrogens with zero attached hydrogens (tertiary/aromatic N) is 2. The highest BCUT2D eigenvalue weighted by Gasteiger charge is 2.35. The van der Waals surface area contributed by atoms with Crippen molar-refractivity contribution in [3.8, 4) is 11.5 Å². The number of ether oxygens (including phenoxy) is 2. The van der Waals surface area contributed by atoms with E-state index in [2.05, 4.69) is 0 Å². The molecule has 2 aliphatic heterocycles. The van der Waals surface area contributed by atoms with E-state index >= 15 is 0 Å². The lowest BCUT2D eigenvalue weighted by atomic mass is 10.0. The molecule has 0 bridgehead atoms. The summed E-state index contributed by atoms with van der Waals surface area (Å²) in [5.74, 6) is 0.903. The molecule has 0 N–H and O–H groups in total. The van der Waals surface area contributed by atoms with Crippen molar-refractivity contribution in [2.24, 2.45) is 0 Å². The third kappa shape index (κ3) is 4.79. The molecule has 2 aromatic carbocycles. The molecular formula is C26H34N2O5S. The summed E-state index contributed by atoms with van der Waals surface area (Å²) in [4.78, 5) is 15.5. The van der Waals surface area contributed by atoms with Gasteiger partial charge in [-0.15, -0.1) is 0 Å². The molecule has 0 aliphatic carbocycles. The van der Waals surface area contributed by atoms with Crippen molar-refractivity contribution in [1.29, 1.82) is 0 Å². The predicted octanol–water partition coefficient (Wildman–Crippen LogP) is 4.63. The van der Waals surface area contributed by atoms with Crippen molar-refractivity contribution in [3.05, 3.63) is 53.6 Å². The van der Waals surface area contributed by atoms with Gasteiger partial charge in [0.25, 0.3) is 5.91 Å². The number of hydrogen-bond acceptors (Lipinski definition) is 5. The van der Waals surface area contributed by atoms with E-state index in [1.54, 1.807) is 16.4 Å². The highest BCUT2D eigenvalue weighted by molar-refractivity contribution is 7.89. The number of rotatable bonds is 7. The maximum atomic E-state index is 13.6. The Hall–Kier alpha value is -2.58. The summed E-state index contributed by atoms with van der Waals surface area (Å²) in [5, 5.41) is 0. The fourth-order valence-electron chi connectivity index (χ4n) is 5.04. The number of hydrogen-bond donors (Lipinski definition) is 0. The number of likely N-dealkylation sites (tertiary alicyclic amines) is 1. The van der Waals surface area contributed by atoms with Gasteiger partial charge in [-0.2, -0.15) is 4.31 Å². The summed E-state index contributed by atoms with van der Waals surface area (Å²) in [6, 6.07) is 12.5. The van der Waals surface area contributed by atoms with Gasteiger partial charge in [-0.3, -0.25) is 4.79 Å². The molecule has 184 valence electrons. The lowest BCUT2D eigenvalue weighted by molar-refractivity contribution is 0.0735. The molecule has 0 saturated carbocycles. The summed E-state index contributed by atoms with van der Waals surface area (Å²) in [6.45, 7) is 5.60. The molecule has 0 unspecified atom stereocenters. The van der Waals surface area contributed by atoms with Crippen LogP contribution in [0.2, 0.25) is 0 Å². The van der Waals surface area contributed by atoms with E-state index in [0.29, 0.717) is 25.3 Å². The van der Waals surface area contributed by atoms with E-state index in [9.17, 15) is 13.2 Å². The Balaban J connectivity index is 1.63. The van der Waals surface area contributed by atoms with Gasteiger partial charge >= 0.3 is 0 Å². The molecule has 0 radical (unpaired) electrons. The van der Waals surface area contributed by atoms with Crippen LogP contribution < -0.4 is 9.47 Å². The normalized spacial score (nSPS) is 21.4. The van der Waals surface area contributed by atoms with Crippen LogP contribution in [0.5, 0.6) is 11.5 Å². The van der Waals surface area contributed by atoms with Gasteiger partial charge in [-0.05, 0) is 75.4 Å². The van der Waals surface area contributed by atoms with E-state index < -0.39 is 10.0 Å². The fraction of sp³-hybridized carbons (Fsp3) is 0.500. The molecule has 8 heteroatoms. The van der Waals surface area contributed by atoms with E-state index in [0.717, 1.165) is 43.4 Å². The summed E-state index contributed by atoms with van der Waals surface area (Å²) in [7, 11) is -2.33. The van der Waals surface area contributed by atoms with Crippen molar-refractivity contribution in [3.63, 3.8) is 0 Å². The zero-order valence-corrected chi connectivity index (χ0v) is 21.0. The largest absolute Gasteiger partial charge is 0.495 e. The first-order valence-electron chi connectivity index (χ1n) is 12.1. The SMILES string of the molecule is CCOc1ccc([C@H]2CCCN2C(=O)c2ccc(OC)c(S(=O)(=O)N3CCCC[C@H]3C)c2)cc1. The van der Waals surface area contributed by atoms with Crippen LogP contribution in [0.25, 0.3) is 0 Å². The average Bonchev–Trinajstić information content (AvgIpc) is 3.34. The number of carbonyl (C=O) groups excluding carboxylic acids is 1. The second-order valence-corrected chi connectivity index (χ2v) is 10.8.